The number of carbonyl (C=O) groups is 1. The molecule has 1 amide bonds. The summed E-state index contributed by atoms with van der Waals surface area (Å²) in [4.78, 5) is 19.8. The minimum Gasteiger partial charge on any atom is -0.492 e. The smallest absolute Gasteiger partial charge is 0.255 e. The van der Waals surface area contributed by atoms with Gasteiger partial charge in [-0.05, 0) is 43.7 Å². The number of amides is 1. The number of fused-ring (bicyclic) bond motifs is 1. The Morgan fingerprint density at radius 3 is 2.65 bits per heavy atom. The summed E-state index contributed by atoms with van der Waals surface area (Å²) in [5.74, 6) is 1.01. The van der Waals surface area contributed by atoms with Crippen molar-refractivity contribution in [3.05, 3.63) is 71.7 Å². The topological polar surface area (TPSA) is 84.3 Å². The van der Waals surface area contributed by atoms with Gasteiger partial charge in [0.25, 0.3) is 5.91 Å². The highest BCUT2D eigenvalue weighted by atomic mass is 16.5. The minimum absolute atomic E-state index is 0.222. The summed E-state index contributed by atoms with van der Waals surface area (Å²) < 4.78 is 7.40. The van der Waals surface area contributed by atoms with Crippen LogP contribution in [-0.2, 0) is 4.79 Å². The highest BCUT2D eigenvalue weighted by Gasteiger charge is 2.33. The molecule has 1 aliphatic heterocycles. The lowest BCUT2D eigenvalue weighted by Crippen LogP contribution is -2.31. The molecule has 31 heavy (non-hydrogen) atoms. The Morgan fingerprint density at radius 1 is 1.19 bits per heavy atom. The lowest BCUT2D eigenvalue weighted by Gasteiger charge is -2.29. The molecule has 2 N–H and O–H groups in total. The number of hydrogen-bond donors (Lipinski definition) is 2. The molecule has 1 aliphatic rings. The zero-order valence-electron chi connectivity index (χ0n) is 18.1. The number of hydrogen-bond acceptors (Lipinski definition) is 6. The second kappa shape index (κ2) is 8.51. The molecule has 0 aliphatic carbocycles. The molecule has 0 spiro atoms. The Kier molecular flexibility index (Phi) is 5.62. The first-order valence-corrected chi connectivity index (χ1v) is 10.2. The first-order valence-electron chi connectivity index (χ1n) is 10.2. The molecule has 1 aromatic heterocycles. The first kappa shape index (κ1) is 20.5. The van der Waals surface area contributed by atoms with Crippen LogP contribution in [0, 0.1) is 0 Å². The van der Waals surface area contributed by atoms with Gasteiger partial charge < -0.3 is 20.3 Å². The third kappa shape index (κ3) is 3.96. The summed E-state index contributed by atoms with van der Waals surface area (Å²) in [5, 5.41) is 10.6. The molecular weight excluding hydrogens is 392 g/mol. The van der Waals surface area contributed by atoms with Crippen LogP contribution < -0.4 is 20.3 Å². The summed E-state index contributed by atoms with van der Waals surface area (Å²) in [7, 11) is 3.99. The van der Waals surface area contributed by atoms with Gasteiger partial charge in [0, 0.05) is 25.5 Å². The number of nitrogens with zero attached hydrogens (tertiary/aromatic N) is 4. The Balaban J connectivity index is 1.73. The third-order valence-electron chi connectivity index (χ3n) is 5.20. The Bertz CT molecular complexity index is 1120. The normalized spacial score (nSPS) is 15.2. The second-order valence-electron chi connectivity index (χ2n) is 7.46. The summed E-state index contributed by atoms with van der Waals surface area (Å²) >= 11 is 0. The first-order chi connectivity index (χ1) is 15.0. The number of benzene rings is 2. The highest BCUT2D eigenvalue weighted by molar-refractivity contribution is 6.06. The number of rotatable bonds is 6. The average Bonchev–Trinajstić information content (AvgIpc) is 3.22. The maximum Gasteiger partial charge on any atom is 0.255 e. The van der Waals surface area contributed by atoms with Gasteiger partial charge in [0.1, 0.15) is 18.1 Å². The van der Waals surface area contributed by atoms with Crippen LogP contribution in [0.15, 0.2) is 66.1 Å². The van der Waals surface area contributed by atoms with Crippen molar-refractivity contribution in [2.24, 2.45) is 0 Å². The van der Waals surface area contributed by atoms with Crippen molar-refractivity contribution in [1.29, 1.82) is 0 Å². The van der Waals surface area contributed by atoms with E-state index >= 15 is 0 Å². The molecule has 8 nitrogen and oxygen atoms in total. The summed E-state index contributed by atoms with van der Waals surface area (Å²) in [5.41, 5.74) is 3.95. The summed E-state index contributed by atoms with van der Waals surface area (Å²) in [6, 6.07) is 15.1. The molecule has 8 heteroatoms. The van der Waals surface area contributed by atoms with E-state index in [1.54, 1.807) is 4.68 Å². The fourth-order valence-corrected chi connectivity index (χ4v) is 3.69. The van der Waals surface area contributed by atoms with Crippen LogP contribution >= 0.6 is 0 Å². The van der Waals surface area contributed by atoms with Gasteiger partial charge in [0.2, 0.25) is 5.95 Å². The molecule has 0 radical (unpaired) electrons. The molecule has 160 valence electrons. The van der Waals surface area contributed by atoms with Crippen molar-refractivity contribution in [3.8, 4) is 5.75 Å². The van der Waals surface area contributed by atoms with E-state index in [9.17, 15) is 4.79 Å². The third-order valence-corrected chi connectivity index (χ3v) is 5.20. The number of nitrogens with one attached hydrogen (secondary N) is 2. The van der Waals surface area contributed by atoms with Gasteiger partial charge in [0.15, 0.2) is 0 Å². The highest BCUT2D eigenvalue weighted by Crippen LogP contribution is 2.36. The average molecular weight is 419 g/mol. The molecule has 1 unspecified atom stereocenters. The monoisotopic (exact) mass is 418 g/mol. The predicted octanol–water partition coefficient (Wildman–Crippen LogP) is 3.67. The molecular formula is C23H26N6O2. The van der Waals surface area contributed by atoms with Crippen LogP contribution in [0.4, 0.5) is 17.3 Å². The van der Waals surface area contributed by atoms with E-state index in [0.717, 1.165) is 16.9 Å². The van der Waals surface area contributed by atoms with Crippen LogP contribution in [0.1, 0.15) is 25.5 Å². The van der Waals surface area contributed by atoms with Gasteiger partial charge >= 0.3 is 0 Å². The van der Waals surface area contributed by atoms with Gasteiger partial charge in [-0.25, -0.2) is 4.68 Å². The number of aromatic nitrogens is 3. The SMILES string of the molecule is CCOc1ccccc1NC(=O)C1=C(C)Nc2ncnn2C1c1ccc(N(C)C)cc1. The van der Waals surface area contributed by atoms with E-state index < -0.39 is 6.04 Å². The molecule has 4 rings (SSSR count). The number of ether oxygens (including phenoxy) is 1. The largest absolute Gasteiger partial charge is 0.492 e. The van der Waals surface area contributed by atoms with Gasteiger partial charge in [-0.3, -0.25) is 4.79 Å². The summed E-state index contributed by atoms with van der Waals surface area (Å²) in [6.07, 6.45) is 1.49. The fraction of sp³-hybridized carbons (Fsp3) is 0.261. The molecule has 0 saturated carbocycles. The van der Waals surface area contributed by atoms with E-state index in [1.807, 2.05) is 81.4 Å². The van der Waals surface area contributed by atoms with E-state index in [4.69, 9.17) is 4.74 Å². The lowest BCUT2D eigenvalue weighted by molar-refractivity contribution is -0.113. The molecule has 2 aromatic carbocycles. The van der Waals surface area contributed by atoms with Crippen molar-refractivity contribution >= 4 is 23.2 Å². The van der Waals surface area contributed by atoms with Crippen LogP contribution in [0.2, 0.25) is 0 Å². The van der Waals surface area contributed by atoms with Crippen molar-refractivity contribution < 1.29 is 9.53 Å². The van der Waals surface area contributed by atoms with Gasteiger partial charge in [-0.15, -0.1) is 0 Å². The van der Waals surface area contributed by atoms with Gasteiger partial charge in [0.05, 0.1) is 17.9 Å². The van der Waals surface area contributed by atoms with E-state index in [0.29, 0.717) is 29.6 Å². The minimum atomic E-state index is -0.408. The maximum absolute atomic E-state index is 13.5. The van der Waals surface area contributed by atoms with E-state index in [2.05, 4.69) is 20.7 Å². The van der Waals surface area contributed by atoms with Crippen LogP contribution in [0.3, 0.4) is 0 Å². The van der Waals surface area contributed by atoms with Crippen molar-refractivity contribution in [2.75, 3.05) is 36.2 Å². The molecule has 0 fully saturated rings. The van der Waals surface area contributed by atoms with Crippen molar-refractivity contribution in [1.82, 2.24) is 14.8 Å². The van der Waals surface area contributed by atoms with Gasteiger partial charge in [-0.1, -0.05) is 24.3 Å². The predicted molar refractivity (Wildman–Crippen MR) is 121 cm³/mol. The Morgan fingerprint density at radius 2 is 1.94 bits per heavy atom. The number of allylic oxidation sites excluding steroid dienone is 1. The maximum atomic E-state index is 13.5. The van der Waals surface area contributed by atoms with Crippen LogP contribution in [0.5, 0.6) is 5.75 Å². The number of para-hydroxylation sites is 2. The molecule has 0 bridgehead atoms. The standard InChI is InChI=1S/C23H26N6O2/c1-5-31-19-9-7-6-8-18(19)27-22(30)20-15(2)26-23-24-14-25-29(23)21(20)16-10-12-17(13-11-16)28(3)4/h6-14,21H,5H2,1-4H3,(H,27,30)(H,24,25,26). The molecule has 1 atom stereocenters. The van der Waals surface area contributed by atoms with Crippen LogP contribution in [-0.4, -0.2) is 41.4 Å². The fourth-order valence-electron chi connectivity index (χ4n) is 3.69. The van der Waals surface area contributed by atoms with E-state index in [-0.39, 0.29) is 5.91 Å². The van der Waals surface area contributed by atoms with E-state index in [1.165, 1.54) is 6.33 Å². The second-order valence-corrected chi connectivity index (χ2v) is 7.46. The molecule has 0 saturated heterocycles. The molecule has 3 aromatic rings. The summed E-state index contributed by atoms with van der Waals surface area (Å²) in [6.45, 7) is 4.30. The zero-order valence-corrected chi connectivity index (χ0v) is 18.1. The van der Waals surface area contributed by atoms with Crippen molar-refractivity contribution in [3.63, 3.8) is 0 Å². The van der Waals surface area contributed by atoms with Crippen molar-refractivity contribution in [2.45, 2.75) is 19.9 Å². The quantitative estimate of drug-likeness (QED) is 0.635. The van der Waals surface area contributed by atoms with Crippen LogP contribution in [0.25, 0.3) is 0 Å². The Hall–Kier alpha value is -3.81. The molecule has 2 heterocycles. The lowest BCUT2D eigenvalue weighted by atomic mass is 9.94. The van der Waals surface area contributed by atoms with Gasteiger partial charge in [-0.2, -0.15) is 10.1 Å². The Labute approximate surface area is 181 Å². The number of carbonyl (C=O) groups excluding carboxylic acids is 1. The number of anilines is 3. The zero-order chi connectivity index (χ0) is 22.0.